The van der Waals surface area contributed by atoms with Gasteiger partial charge in [-0.1, -0.05) is 18.2 Å². The van der Waals surface area contributed by atoms with Gasteiger partial charge in [0.25, 0.3) is 0 Å². The monoisotopic (exact) mass is 498 g/mol. The molecule has 0 aromatic heterocycles. The maximum atomic E-state index is 11.8. The zero-order chi connectivity index (χ0) is 20.9. The molecule has 0 spiro atoms. The molecule has 0 radical (unpaired) electrons. The van der Waals surface area contributed by atoms with Gasteiger partial charge in [-0.05, 0) is 60.3 Å². The van der Waals surface area contributed by atoms with Crippen LogP contribution < -0.4 is 59.1 Å². The number of benzene rings is 2. The molecule has 0 fully saturated rings. The third kappa shape index (κ3) is 8.27. The molecule has 0 saturated carbocycles. The van der Waals surface area contributed by atoms with E-state index < -0.39 is 35.6 Å². The second kappa shape index (κ2) is 12.6. The summed E-state index contributed by atoms with van der Waals surface area (Å²) >= 11 is 8.88. The summed E-state index contributed by atoms with van der Waals surface area (Å²) in [6.45, 7) is 0. The van der Waals surface area contributed by atoms with Crippen LogP contribution in [0, 0.1) is 0 Å². The number of rotatable bonds is 6. The van der Waals surface area contributed by atoms with Crippen LogP contribution in [-0.2, 0) is 20.2 Å². The van der Waals surface area contributed by atoms with E-state index in [4.69, 9.17) is 0 Å². The topological polar surface area (TPSA) is 139 Å². The average Bonchev–Trinajstić information content (AvgIpc) is 2.60. The Balaban J connectivity index is 0.00000420. The zero-order valence-corrected chi connectivity index (χ0v) is 22.9. The van der Waals surface area contributed by atoms with Gasteiger partial charge >= 0.3 is 59.1 Å². The fourth-order valence-electron chi connectivity index (χ4n) is 2.18. The van der Waals surface area contributed by atoms with E-state index in [1.54, 1.807) is 0 Å². The Morgan fingerprint density at radius 3 is 1.83 bits per heavy atom. The van der Waals surface area contributed by atoms with E-state index in [9.17, 15) is 25.9 Å². The van der Waals surface area contributed by atoms with Crippen molar-refractivity contribution in [1.29, 1.82) is 0 Å². The van der Waals surface area contributed by atoms with Gasteiger partial charge < -0.3 is 9.11 Å². The smallest absolute Gasteiger partial charge is 0.744 e. The van der Waals surface area contributed by atoms with Crippen LogP contribution in [-0.4, -0.2) is 36.3 Å². The van der Waals surface area contributed by atoms with Crippen molar-refractivity contribution in [3.05, 3.63) is 53.6 Å². The normalized spacial score (nSPS) is 11.2. The van der Waals surface area contributed by atoms with Gasteiger partial charge in [0.2, 0.25) is 0 Å². The van der Waals surface area contributed by atoms with Crippen LogP contribution in [0.4, 0.5) is 11.4 Å². The molecule has 2 aromatic carbocycles. The van der Waals surface area contributed by atoms with Crippen LogP contribution in [0.3, 0.4) is 0 Å². The molecule has 0 heterocycles. The van der Waals surface area contributed by atoms with Gasteiger partial charge in [0.05, 0.1) is 31.5 Å². The minimum atomic E-state index is -5.16. The minimum absolute atomic E-state index is 0. The fourth-order valence-corrected chi connectivity index (χ4v) is 3.89. The first-order valence-electron chi connectivity index (χ1n) is 7.10. The second-order valence-electron chi connectivity index (χ2n) is 5.10. The summed E-state index contributed by atoms with van der Waals surface area (Å²) in [5, 5.41) is 4.15. The van der Waals surface area contributed by atoms with Crippen molar-refractivity contribution < 1.29 is 85.1 Å². The maximum Gasteiger partial charge on any atom is 1.00 e. The van der Waals surface area contributed by atoms with E-state index in [2.05, 4.69) is 39.6 Å². The number of hydrogen-bond acceptors (Lipinski definition) is 10. The van der Waals surface area contributed by atoms with Crippen molar-refractivity contribution in [3.63, 3.8) is 0 Å². The molecule has 2 aromatic rings. The van der Waals surface area contributed by atoms with Crippen molar-refractivity contribution in [2.24, 2.45) is 9.98 Å². The molecule has 0 N–H and O–H groups in total. The maximum absolute atomic E-state index is 11.8. The first kappa shape index (κ1) is 29.6. The zero-order valence-electron chi connectivity index (χ0n) is 15.6. The van der Waals surface area contributed by atoms with Crippen LogP contribution in [0.15, 0.2) is 57.3 Å². The summed E-state index contributed by atoms with van der Waals surface area (Å²) < 4.78 is 70.2. The first-order valence-corrected chi connectivity index (χ1v) is 10.7. The van der Waals surface area contributed by atoms with E-state index in [-0.39, 0.29) is 70.4 Å². The molecule has 0 amide bonds. The molecule has 30 heavy (non-hydrogen) atoms. The molecule has 14 heteroatoms. The Labute approximate surface area is 228 Å². The van der Waals surface area contributed by atoms with Crippen molar-refractivity contribution in [2.45, 2.75) is 4.90 Å². The predicted octanol–water partition coefficient (Wildman–Crippen LogP) is -2.89. The standard InChI is InChI=1S/C16H10N2O6S4.2Na/c19-27(20,21)15(7-11-1-3-12(4-2-11)17-9-25)14-6-5-13(18-10-26)8-16(14)28(22,23)24;;/h1-8H,(H,19,20,21)(H,22,23,24);;/q;2*+1/p-2/b15-7-;;. The summed E-state index contributed by atoms with van der Waals surface area (Å²) in [4.78, 5) is 5.45. The predicted molar refractivity (Wildman–Crippen MR) is 108 cm³/mol. The second-order valence-corrected chi connectivity index (χ2v) is 8.16. The third-order valence-corrected chi connectivity index (χ3v) is 5.25. The van der Waals surface area contributed by atoms with Crippen molar-refractivity contribution >= 4 is 77.4 Å². The van der Waals surface area contributed by atoms with Gasteiger partial charge in [-0.15, -0.1) is 0 Å². The molecule has 2 rings (SSSR count). The van der Waals surface area contributed by atoms with E-state index >= 15 is 0 Å². The van der Waals surface area contributed by atoms with Gasteiger partial charge in [0.15, 0.2) is 0 Å². The van der Waals surface area contributed by atoms with Crippen LogP contribution in [0.25, 0.3) is 11.0 Å². The molecule has 144 valence electrons. The Morgan fingerprint density at radius 1 is 0.867 bits per heavy atom. The van der Waals surface area contributed by atoms with Crippen LogP contribution in [0.2, 0.25) is 0 Å². The largest absolute Gasteiger partial charge is 1.00 e. The van der Waals surface area contributed by atoms with E-state index in [0.717, 1.165) is 18.2 Å². The van der Waals surface area contributed by atoms with Crippen molar-refractivity contribution in [3.8, 4) is 0 Å². The fraction of sp³-hybridized carbons (Fsp3) is 0. The number of hydrogen-bond donors (Lipinski definition) is 0. The number of aliphatic imine (C=N–C) groups is 2. The number of nitrogens with zero attached hydrogens (tertiary/aromatic N) is 2. The molecule has 0 aliphatic heterocycles. The van der Waals surface area contributed by atoms with Crippen molar-refractivity contribution in [1.82, 2.24) is 0 Å². The molecule has 0 bridgehead atoms. The molecular formula is C16H8N2Na2O6S4. The summed E-state index contributed by atoms with van der Waals surface area (Å²) in [6, 6.07) is 8.79. The van der Waals surface area contributed by atoms with Crippen LogP contribution in [0.1, 0.15) is 11.1 Å². The Hall–Kier alpha value is -0.400. The molecule has 8 nitrogen and oxygen atoms in total. The molecule has 0 saturated heterocycles. The van der Waals surface area contributed by atoms with E-state index in [0.29, 0.717) is 5.69 Å². The molecular weight excluding hydrogens is 490 g/mol. The summed E-state index contributed by atoms with van der Waals surface area (Å²) in [5.74, 6) is 0. The van der Waals surface area contributed by atoms with Gasteiger partial charge in [0, 0.05) is 5.56 Å². The van der Waals surface area contributed by atoms with E-state index in [1.807, 2.05) is 5.16 Å². The molecule has 0 atom stereocenters. The minimum Gasteiger partial charge on any atom is -0.744 e. The Bertz CT molecular complexity index is 1260. The average molecular weight is 498 g/mol. The SMILES string of the molecule is O=S(=O)([O-])/C(=C\c1ccc(N=C=S)cc1)c1ccc(N=C=S)cc1S(=O)(=O)[O-].[Na+].[Na+]. The van der Waals surface area contributed by atoms with Gasteiger partial charge in [-0.3, -0.25) is 0 Å². The van der Waals surface area contributed by atoms with E-state index in [1.165, 1.54) is 30.3 Å². The van der Waals surface area contributed by atoms with Crippen LogP contribution in [0.5, 0.6) is 0 Å². The van der Waals surface area contributed by atoms with Gasteiger partial charge in [-0.2, -0.15) is 9.98 Å². The summed E-state index contributed by atoms with van der Waals surface area (Å²) in [7, 11) is -10.3. The quantitative estimate of drug-likeness (QED) is 0.136. The number of thiocarbonyl (C=S) groups is 2. The van der Waals surface area contributed by atoms with Gasteiger partial charge in [-0.25, -0.2) is 16.8 Å². The molecule has 0 unspecified atom stereocenters. The number of isothiocyanates is 2. The Morgan fingerprint density at radius 2 is 1.37 bits per heavy atom. The summed E-state index contributed by atoms with van der Waals surface area (Å²) in [6.07, 6.45) is 0.944. The first-order chi connectivity index (χ1) is 13.1. The van der Waals surface area contributed by atoms with Crippen LogP contribution >= 0.6 is 24.4 Å². The van der Waals surface area contributed by atoms with Crippen molar-refractivity contribution in [2.75, 3.05) is 0 Å². The third-order valence-electron chi connectivity index (χ3n) is 3.31. The summed E-state index contributed by atoms with van der Waals surface area (Å²) in [5.41, 5.74) is 0.0596. The molecule has 0 aliphatic rings. The Kier molecular flexibility index (Phi) is 12.4. The molecule has 0 aliphatic carbocycles. The van der Waals surface area contributed by atoms with Gasteiger partial charge in [0.1, 0.15) is 20.2 Å².